The van der Waals surface area contributed by atoms with Gasteiger partial charge in [0.15, 0.2) is 0 Å². The van der Waals surface area contributed by atoms with Gasteiger partial charge in [0, 0.05) is 5.02 Å². The van der Waals surface area contributed by atoms with Gasteiger partial charge in [-0.1, -0.05) is 23.4 Å². The fourth-order valence-electron chi connectivity index (χ4n) is 1.74. The van der Waals surface area contributed by atoms with Crippen molar-refractivity contribution in [2.24, 2.45) is 0 Å². The van der Waals surface area contributed by atoms with Crippen LogP contribution in [0, 0.1) is 0 Å². The topological polar surface area (TPSA) is 34.4 Å². The summed E-state index contributed by atoms with van der Waals surface area (Å²) in [6, 6.07) is 8.69. The molecule has 0 spiro atoms. The zero-order valence-corrected chi connectivity index (χ0v) is 12.8. The summed E-state index contributed by atoms with van der Waals surface area (Å²) in [6.45, 7) is 0.413. The van der Waals surface area contributed by atoms with Gasteiger partial charge >= 0.3 is 0 Å². The third kappa shape index (κ3) is 4.82. The van der Waals surface area contributed by atoms with Gasteiger partial charge in [0.2, 0.25) is 0 Å². The Bertz CT molecular complexity index is 592. The van der Waals surface area contributed by atoms with Crippen molar-refractivity contribution in [1.82, 2.24) is 0 Å². The molecule has 2 aromatic rings. The predicted molar refractivity (Wildman–Crippen MR) is 81.3 cm³/mol. The molecule has 1 heterocycles. The lowest BCUT2D eigenvalue weighted by atomic mass is 10.3. The smallest absolute Gasteiger partial charge is 0.284 e. The number of ether oxygens (including phenoxy) is 1. The van der Waals surface area contributed by atoms with Crippen molar-refractivity contribution in [3.8, 4) is 5.75 Å². The Hall–Kier alpha value is -1.40. The lowest BCUT2D eigenvalue weighted by Crippen LogP contribution is -2.00. The predicted octanol–water partition coefficient (Wildman–Crippen LogP) is 5.01. The fraction of sp³-hybridized carbons (Fsp3) is 0.286. The molecular formula is C14H14ClF2NO2S. The highest BCUT2D eigenvalue weighted by Gasteiger charge is 2.08. The summed E-state index contributed by atoms with van der Waals surface area (Å²) in [6.07, 6.45) is 0. The van der Waals surface area contributed by atoms with Crippen molar-refractivity contribution in [3.05, 3.63) is 46.9 Å². The van der Waals surface area contributed by atoms with Gasteiger partial charge in [0.25, 0.3) is 5.76 Å². The molecule has 0 amide bonds. The SMILES string of the molecule is COc1ccc(Cl)cc1NCc1ccc(CSC(F)F)o1. The van der Waals surface area contributed by atoms with E-state index in [1.807, 2.05) is 0 Å². The molecule has 0 saturated carbocycles. The van der Waals surface area contributed by atoms with Crippen LogP contribution in [0.25, 0.3) is 0 Å². The number of alkyl halides is 2. The van der Waals surface area contributed by atoms with E-state index in [1.165, 1.54) is 0 Å². The summed E-state index contributed by atoms with van der Waals surface area (Å²) in [5.41, 5.74) is 0.741. The first-order valence-corrected chi connectivity index (χ1v) is 7.56. The Morgan fingerprint density at radius 1 is 1.29 bits per heavy atom. The minimum atomic E-state index is -2.40. The largest absolute Gasteiger partial charge is 0.495 e. The van der Waals surface area contributed by atoms with Crippen molar-refractivity contribution < 1.29 is 17.9 Å². The molecule has 0 aliphatic heterocycles. The summed E-state index contributed by atoms with van der Waals surface area (Å²) in [4.78, 5) is 0. The van der Waals surface area contributed by atoms with Crippen LogP contribution >= 0.6 is 23.4 Å². The zero-order chi connectivity index (χ0) is 15.2. The van der Waals surface area contributed by atoms with E-state index < -0.39 is 5.76 Å². The van der Waals surface area contributed by atoms with Crippen LogP contribution in [0.2, 0.25) is 5.02 Å². The molecule has 0 unspecified atom stereocenters. The van der Waals surface area contributed by atoms with E-state index in [2.05, 4.69) is 5.32 Å². The Balaban J connectivity index is 1.95. The van der Waals surface area contributed by atoms with Crippen LogP contribution in [-0.4, -0.2) is 12.9 Å². The first kappa shape index (κ1) is 16.0. The summed E-state index contributed by atoms with van der Waals surface area (Å²) in [7, 11) is 1.57. The number of benzene rings is 1. The first-order valence-electron chi connectivity index (χ1n) is 6.13. The molecular weight excluding hydrogens is 320 g/mol. The van der Waals surface area contributed by atoms with E-state index in [0.717, 1.165) is 5.69 Å². The quantitative estimate of drug-likeness (QED) is 0.772. The second-order valence-electron chi connectivity index (χ2n) is 4.14. The van der Waals surface area contributed by atoms with Gasteiger partial charge in [-0.15, -0.1) is 0 Å². The molecule has 0 aliphatic carbocycles. The molecule has 0 saturated heterocycles. The highest BCUT2D eigenvalue weighted by molar-refractivity contribution is 7.98. The van der Waals surface area contributed by atoms with Crippen molar-refractivity contribution in [3.63, 3.8) is 0 Å². The normalized spacial score (nSPS) is 10.9. The van der Waals surface area contributed by atoms with E-state index in [-0.39, 0.29) is 5.75 Å². The zero-order valence-electron chi connectivity index (χ0n) is 11.2. The number of thioether (sulfide) groups is 1. The van der Waals surface area contributed by atoms with Crippen molar-refractivity contribution >= 4 is 29.1 Å². The average molecular weight is 334 g/mol. The molecule has 1 aromatic carbocycles. The van der Waals surface area contributed by atoms with Gasteiger partial charge in [0.05, 0.1) is 25.1 Å². The van der Waals surface area contributed by atoms with Crippen LogP contribution < -0.4 is 10.1 Å². The molecule has 0 bridgehead atoms. The lowest BCUT2D eigenvalue weighted by molar-refractivity contribution is 0.251. The van der Waals surface area contributed by atoms with Crippen LogP contribution in [0.15, 0.2) is 34.7 Å². The van der Waals surface area contributed by atoms with Crippen molar-refractivity contribution in [1.29, 1.82) is 0 Å². The van der Waals surface area contributed by atoms with E-state index in [4.69, 9.17) is 20.8 Å². The molecule has 3 nitrogen and oxygen atoms in total. The number of furan rings is 1. The molecule has 2 rings (SSSR count). The summed E-state index contributed by atoms with van der Waals surface area (Å²) in [5, 5.41) is 3.73. The van der Waals surface area contributed by atoms with Gasteiger partial charge in [0.1, 0.15) is 17.3 Å². The number of hydrogen-bond donors (Lipinski definition) is 1. The molecule has 21 heavy (non-hydrogen) atoms. The highest BCUT2D eigenvalue weighted by Crippen LogP contribution is 2.28. The molecule has 0 radical (unpaired) electrons. The maximum atomic E-state index is 12.1. The lowest BCUT2D eigenvalue weighted by Gasteiger charge is -2.10. The third-order valence-electron chi connectivity index (χ3n) is 2.68. The maximum absolute atomic E-state index is 12.1. The fourth-order valence-corrected chi connectivity index (χ4v) is 2.36. The Labute approximate surface area is 130 Å². The molecule has 0 fully saturated rings. The van der Waals surface area contributed by atoms with Crippen LogP contribution in [0.4, 0.5) is 14.5 Å². The maximum Gasteiger partial charge on any atom is 0.284 e. The molecule has 0 aliphatic rings. The van der Waals surface area contributed by atoms with Crippen LogP contribution in [0.1, 0.15) is 11.5 Å². The van der Waals surface area contributed by atoms with Gasteiger partial charge in [-0.25, -0.2) is 0 Å². The Kier molecular flexibility index (Phi) is 5.76. The molecule has 114 valence electrons. The minimum absolute atomic E-state index is 0.151. The van der Waals surface area contributed by atoms with Crippen molar-refractivity contribution in [2.45, 2.75) is 18.1 Å². The molecule has 0 atom stereocenters. The number of anilines is 1. The molecule has 7 heteroatoms. The van der Waals surface area contributed by atoms with Gasteiger partial charge < -0.3 is 14.5 Å². The average Bonchev–Trinajstić information content (AvgIpc) is 2.91. The van der Waals surface area contributed by atoms with E-state index in [9.17, 15) is 8.78 Å². The number of nitrogens with one attached hydrogen (secondary N) is 1. The third-order valence-corrected chi connectivity index (χ3v) is 3.62. The Morgan fingerprint density at radius 2 is 2.05 bits per heavy atom. The van der Waals surface area contributed by atoms with Crippen LogP contribution in [0.5, 0.6) is 5.75 Å². The number of halogens is 3. The number of methoxy groups -OCH3 is 1. The first-order chi connectivity index (χ1) is 10.1. The highest BCUT2D eigenvalue weighted by atomic mass is 35.5. The van der Waals surface area contributed by atoms with E-state index in [0.29, 0.717) is 40.6 Å². The Morgan fingerprint density at radius 3 is 2.76 bits per heavy atom. The molecule has 1 N–H and O–H groups in total. The number of hydrogen-bond acceptors (Lipinski definition) is 4. The molecule has 1 aromatic heterocycles. The minimum Gasteiger partial charge on any atom is -0.495 e. The van der Waals surface area contributed by atoms with E-state index in [1.54, 1.807) is 37.4 Å². The standard InChI is InChI=1S/C14H14ClF2NO2S/c1-19-13-5-2-9(15)6-12(13)18-7-10-3-4-11(20-10)8-21-14(16)17/h2-6,14,18H,7-8H2,1H3. The second-order valence-corrected chi connectivity index (χ2v) is 5.55. The summed E-state index contributed by atoms with van der Waals surface area (Å²) >= 11 is 6.47. The van der Waals surface area contributed by atoms with Gasteiger partial charge in [-0.3, -0.25) is 0 Å². The van der Waals surface area contributed by atoms with Crippen LogP contribution in [0.3, 0.4) is 0 Å². The number of rotatable bonds is 7. The van der Waals surface area contributed by atoms with Gasteiger partial charge in [-0.2, -0.15) is 8.78 Å². The van der Waals surface area contributed by atoms with Gasteiger partial charge in [-0.05, 0) is 30.3 Å². The van der Waals surface area contributed by atoms with E-state index >= 15 is 0 Å². The monoisotopic (exact) mass is 333 g/mol. The van der Waals surface area contributed by atoms with Crippen molar-refractivity contribution in [2.75, 3.05) is 12.4 Å². The summed E-state index contributed by atoms with van der Waals surface area (Å²) in [5.74, 6) is -0.401. The van der Waals surface area contributed by atoms with Crippen LogP contribution in [-0.2, 0) is 12.3 Å². The summed E-state index contributed by atoms with van der Waals surface area (Å²) < 4.78 is 34.9. The second kappa shape index (κ2) is 7.56.